The Morgan fingerprint density at radius 1 is 1.00 bits per heavy atom. The summed E-state index contributed by atoms with van der Waals surface area (Å²) in [5, 5.41) is 1.97. The summed E-state index contributed by atoms with van der Waals surface area (Å²) in [6.07, 6.45) is 0.575. The van der Waals surface area contributed by atoms with E-state index in [4.69, 9.17) is 16.2 Å². The third kappa shape index (κ3) is 4.19. The van der Waals surface area contributed by atoms with Gasteiger partial charge in [0.05, 0.1) is 11.6 Å². The Balaban J connectivity index is 1.69. The smallest absolute Gasteiger partial charge is 0.314 e. The van der Waals surface area contributed by atoms with Crippen molar-refractivity contribution in [2.45, 2.75) is 13.3 Å². The number of nitrogens with two attached hydrogens (primary N) is 2. The fraction of sp³-hybridized carbons (Fsp3) is 0.143. The normalized spacial score (nSPS) is 11.7. The number of carbonyl (C=O) groups excluding carboxylic acids is 1. The maximum atomic E-state index is 12.5. The Morgan fingerprint density at radius 2 is 1.69 bits per heavy atom. The minimum Gasteiger partial charge on any atom is -0.426 e. The highest BCUT2D eigenvalue weighted by Crippen LogP contribution is 2.26. The molecule has 0 aliphatic rings. The Kier molecular flexibility index (Phi) is 5.17. The molecular weight excluding hydrogens is 326 g/mol. The summed E-state index contributed by atoms with van der Waals surface area (Å²) < 4.78 is 5.64. The van der Waals surface area contributed by atoms with E-state index in [2.05, 4.69) is 4.99 Å². The first kappa shape index (κ1) is 17.5. The molecule has 0 spiro atoms. The highest BCUT2D eigenvalue weighted by Gasteiger charge is 2.17. The van der Waals surface area contributed by atoms with E-state index in [1.807, 2.05) is 73.7 Å². The molecule has 0 fully saturated rings. The molecule has 1 unspecified atom stereocenters. The van der Waals surface area contributed by atoms with E-state index >= 15 is 0 Å². The lowest BCUT2D eigenvalue weighted by Crippen LogP contribution is -2.21. The molecule has 0 saturated heterocycles. The zero-order chi connectivity index (χ0) is 18.5. The fourth-order valence-corrected chi connectivity index (χ4v) is 2.79. The van der Waals surface area contributed by atoms with Crippen molar-refractivity contribution < 1.29 is 9.53 Å². The summed E-state index contributed by atoms with van der Waals surface area (Å²) in [5.74, 6) is 0.0744. The van der Waals surface area contributed by atoms with Gasteiger partial charge in [0.15, 0.2) is 5.96 Å². The third-order valence-electron chi connectivity index (χ3n) is 4.10. The highest BCUT2D eigenvalue weighted by atomic mass is 16.5. The van der Waals surface area contributed by atoms with Gasteiger partial charge in [0, 0.05) is 5.39 Å². The fourth-order valence-electron chi connectivity index (χ4n) is 2.79. The largest absolute Gasteiger partial charge is 0.426 e. The Bertz CT molecular complexity index is 940. The summed E-state index contributed by atoms with van der Waals surface area (Å²) in [7, 11) is 0. The molecule has 0 saturated carbocycles. The van der Waals surface area contributed by atoms with Crippen LogP contribution in [-0.2, 0) is 11.2 Å². The second-order valence-corrected chi connectivity index (χ2v) is 6.21. The van der Waals surface area contributed by atoms with Gasteiger partial charge in [-0.3, -0.25) is 4.79 Å². The molecule has 0 aromatic heterocycles. The number of fused-ring (bicyclic) bond motifs is 1. The Morgan fingerprint density at radius 3 is 2.42 bits per heavy atom. The van der Waals surface area contributed by atoms with Crippen LogP contribution in [0, 0.1) is 5.92 Å². The minimum absolute atomic E-state index is 0.0183. The van der Waals surface area contributed by atoms with Gasteiger partial charge in [-0.1, -0.05) is 55.5 Å². The molecule has 5 heteroatoms. The molecule has 3 rings (SSSR count). The molecule has 0 aliphatic carbocycles. The second-order valence-electron chi connectivity index (χ2n) is 6.21. The topological polar surface area (TPSA) is 90.7 Å². The number of guanidine groups is 1. The van der Waals surface area contributed by atoms with Gasteiger partial charge in [0.2, 0.25) is 0 Å². The van der Waals surface area contributed by atoms with Gasteiger partial charge in [-0.15, -0.1) is 0 Å². The average Bonchev–Trinajstić information content (AvgIpc) is 2.63. The van der Waals surface area contributed by atoms with Crippen molar-refractivity contribution in [2.24, 2.45) is 22.4 Å². The van der Waals surface area contributed by atoms with Crippen LogP contribution in [0.3, 0.4) is 0 Å². The van der Waals surface area contributed by atoms with Gasteiger partial charge in [0.1, 0.15) is 5.75 Å². The molecule has 0 aliphatic heterocycles. The van der Waals surface area contributed by atoms with Crippen LogP contribution in [0.15, 0.2) is 71.7 Å². The molecule has 3 aromatic carbocycles. The number of nitrogens with zero attached hydrogens (tertiary/aromatic N) is 1. The number of esters is 1. The van der Waals surface area contributed by atoms with Gasteiger partial charge in [0.25, 0.3) is 0 Å². The Labute approximate surface area is 152 Å². The SMILES string of the molecule is CC(Cc1ccc(N=C(N)N)cc1)C(=O)Oc1cccc2ccccc12. The summed E-state index contributed by atoms with van der Waals surface area (Å²) in [4.78, 5) is 16.5. The molecule has 132 valence electrons. The zero-order valence-corrected chi connectivity index (χ0v) is 14.6. The molecule has 4 N–H and O–H groups in total. The predicted molar refractivity (Wildman–Crippen MR) is 104 cm³/mol. The van der Waals surface area contributed by atoms with Gasteiger partial charge >= 0.3 is 5.97 Å². The summed E-state index contributed by atoms with van der Waals surface area (Å²) >= 11 is 0. The van der Waals surface area contributed by atoms with Crippen molar-refractivity contribution >= 4 is 28.4 Å². The summed E-state index contributed by atoms with van der Waals surface area (Å²) in [6.45, 7) is 1.86. The minimum atomic E-state index is -0.275. The molecule has 0 heterocycles. The van der Waals surface area contributed by atoms with Crippen LogP contribution in [0.5, 0.6) is 5.75 Å². The van der Waals surface area contributed by atoms with E-state index in [0.29, 0.717) is 17.9 Å². The maximum Gasteiger partial charge on any atom is 0.314 e. The Hall–Kier alpha value is -3.34. The van der Waals surface area contributed by atoms with Crippen molar-refractivity contribution in [3.63, 3.8) is 0 Å². The van der Waals surface area contributed by atoms with Crippen molar-refractivity contribution in [2.75, 3.05) is 0 Å². The molecule has 5 nitrogen and oxygen atoms in total. The lowest BCUT2D eigenvalue weighted by molar-refractivity contribution is -0.138. The van der Waals surface area contributed by atoms with Crippen LogP contribution in [0.2, 0.25) is 0 Å². The maximum absolute atomic E-state index is 12.5. The first-order valence-electron chi connectivity index (χ1n) is 8.41. The lowest BCUT2D eigenvalue weighted by atomic mass is 10.0. The van der Waals surface area contributed by atoms with E-state index in [1.165, 1.54) is 0 Å². The first-order chi connectivity index (χ1) is 12.5. The van der Waals surface area contributed by atoms with Crippen LogP contribution in [0.4, 0.5) is 5.69 Å². The number of hydrogen-bond donors (Lipinski definition) is 2. The number of carbonyl (C=O) groups is 1. The number of aliphatic imine (C=N–C) groups is 1. The van der Waals surface area contributed by atoms with E-state index in [1.54, 1.807) is 0 Å². The monoisotopic (exact) mass is 347 g/mol. The summed E-state index contributed by atoms with van der Waals surface area (Å²) in [6, 6.07) is 21.0. The van der Waals surface area contributed by atoms with Gasteiger partial charge in [-0.2, -0.15) is 0 Å². The number of hydrogen-bond acceptors (Lipinski definition) is 3. The number of rotatable bonds is 5. The van der Waals surface area contributed by atoms with Crippen molar-refractivity contribution in [3.05, 3.63) is 72.3 Å². The van der Waals surface area contributed by atoms with Crippen molar-refractivity contribution in [3.8, 4) is 5.75 Å². The molecule has 0 amide bonds. The second kappa shape index (κ2) is 7.70. The first-order valence-corrected chi connectivity index (χ1v) is 8.41. The zero-order valence-electron chi connectivity index (χ0n) is 14.6. The summed E-state index contributed by atoms with van der Waals surface area (Å²) in [5.41, 5.74) is 12.4. The number of benzene rings is 3. The van der Waals surface area contributed by atoms with Crippen LogP contribution in [0.1, 0.15) is 12.5 Å². The van der Waals surface area contributed by atoms with E-state index in [-0.39, 0.29) is 17.8 Å². The highest BCUT2D eigenvalue weighted by molar-refractivity contribution is 5.90. The van der Waals surface area contributed by atoms with Crippen LogP contribution < -0.4 is 16.2 Å². The van der Waals surface area contributed by atoms with Crippen molar-refractivity contribution in [1.29, 1.82) is 0 Å². The van der Waals surface area contributed by atoms with Crippen LogP contribution in [0.25, 0.3) is 10.8 Å². The average molecular weight is 347 g/mol. The third-order valence-corrected chi connectivity index (χ3v) is 4.10. The molecule has 1 atom stereocenters. The van der Waals surface area contributed by atoms with E-state index < -0.39 is 0 Å². The lowest BCUT2D eigenvalue weighted by Gasteiger charge is -2.13. The van der Waals surface area contributed by atoms with Gasteiger partial charge in [-0.25, -0.2) is 4.99 Å². The molecular formula is C21H21N3O2. The quantitative estimate of drug-likeness (QED) is 0.320. The van der Waals surface area contributed by atoms with Gasteiger partial charge in [-0.05, 0) is 35.6 Å². The van der Waals surface area contributed by atoms with E-state index in [9.17, 15) is 4.79 Å². The van der Waals surface area contributed by atoms with Crippen LogP contribution >= 0.6 is 0 Å². The predicted octanol–water partition coefficient (Wildman–Crippen LogP) is 3.53. The molecule has 26 heavy (non-hydrogen) atoms. The van der Waals surface area contributed by atoms with Crippen molar-refractivity contribution in [1.82, 2.24) is 0 Å². The van der Waals surface area contributed by atoms with Gasteiger partial charge < -0.3 is 16.2 Å². The molecule has 0 radical (unpaired) electrons. The van der Waals surface area contributed by atoms with E-state index in [0.717, 1.165) is 16.3 Å². The van der Waals surface area contributed by atoms with Crippen LogP contribution in [-0.4, -0.2) is 11.9 Å². The molecule has 0 bridgehead atoms. The molecule has 3 aromatic rings. The number of ether oxygens (including phenoxy) is 1. The standard InChI is InChI=1S/C21H21N3O2/c1-14(13-15-9-11-17(12-10-15)24-21(22)23)20(25)26-19-8-4-6-16-5-2-3-7-18(16)19/h2-12,14H,13H2,1H3,(H4,22,23,24).